The summed E-state index contributed by atoms with van der Waals surface area (Å²) in [5.41, 5.74) is 2.66. The van der Waals surface area contributed by atoms with Crippen LogP contribution < -0.4 is 10.2 Å². The molecule has 1 aromatic rings. The first kappa shape index (κ1) is 17.8. The van der Waals surface area contributed by atoms with Gasteiger partial charge in [-0.2, -0.15) is 0 Å². The summed E-state index contributed by atoms with van der Waals surface area (Å²) in [4.78, 5) is 16.8. The van der Waals surface area contributed by atoms with Gasteiger partial charge in [-0.1, -0.05) is 12.1 Å². The monoisotopic (exact) mass is 357 g/mol. The maximum atomic E-state index is 11.7. The highest BCUT2D eigenvalue weighted by Crippen LogP contribution is 2.42. The number of nitrogens with one attached hydrogen (secondary N) is 1. The van der Waals surface area contributed by atoms with Gasteiger partial charge in [0.1, 0.15) is 6.61 Å². The lowest BCUT2D eigenvalue weighted by molar-refractivity contribution is -0.124. The second-order valence-electron chi connectivity index (χ2n) is 8.34. The molecule has 4 rings (SSSR count). The fourth-order valence-corrected chi connectivity index (χ4v) is 4.88. The molecule has 5 heteroatoms. The highest BCUT2D eigenvalue weighted by molar-refractivity contribution is 5.77. The molecular formula is C21H31N3O2. The van der Waals surface area contributed by atoms with Gasteiger partial charge in [0.15, 0.2) is 0 Å². The minimum atomic E-state index is -0.400. The zero-order valence-electron chi connectivity index (χ0n) is 15.7. The topological polar surface area (TPSA) is 55.8 Å². The number of aliphatic hydroxyl groups excluding tert-OH is 1. The van der Waals surface area contributed by atoms with Crippen molar-refractivity contribution in [1.82, 2.24) is 10.2 Å². The van der Waals surface area contributed by atoms with Crippen LogP contribution in [0.5, 0.6) is 0 Å². The van der Waals surface area contributed by atoms with Crippen LogP contribution in [0.25, 0.3) is 0 Å². The predicted molar refractivity (Wildman–Crippen MR) is 103 cm³/mol. The molecule has 1 amide bonds. The number of carbonyl (C=O) groups excluding carboxylic acids is 1. The smallest absolute Gasteiger partial charge is 0.245 e. The summed E-state index contributed by atoms with van der Waals surface area (Å²) >= 11 is 0. The predicted octanol–water partition coefficient (Wildman–Crippen LogP) is 1.78. The summed E-state index contributed by atoms with van der Waals surface area (Å²) in [6, 6.07) is 9.63. The van der Waals surface area contributed by atoms with Crippen LogP contribution in [-0.2, 0) is 4.79 Å². The quantitative estimate of drug-likeness (QED) is 0.844. The van der Waals surface area contributed by atoms with E-state index in [1.807, 2.05) is 0 Å². The van der Waals surface area contributed by atoms with Crippen molar-refractivity contribution in [1.29, 1.82) is 0 Å². The Labute approximate surface area is 156 Å². The average molecular weight is 357 g/mol. The van der Waals surface area contributed by atoms with E-state index in [4.69, 9.17) is 5.11 Å². The summed E-state index contributed by atoms with van der Waals surface area (Å²) in [7, 11) is 0. The summed E-state index contributed by atoms with van der Waals surface area (Å²) < 4.78 is 0. The maximum absolute atomic E-state index is 11.7. The van der Waals surface area contributed by atoms with Gasteiger partial charge in [0.2, 0.25) is 5.91 Å². The normalized spacial score (nSPS) is 27.7. The molecule has 1 aromatic carbocycles. The molecular weight excluding hydrogens is 326 g/mol. The van der Waals surface area contributed by atoms with Gasteiger partial charge in [0.05, 0.1) is 0 Å². The second-order valence-corrected chi connectivity index (χ2v) is 8.34. The van der Waals surface area contributed by atoms with Crippen molar-refractivity contribution < 1.29 is 9.90 Å². The minimum Gasteiger partial charge on any atom is -0.387 e. The largest absolute Gasteiger partial charge is 0.387 e. The van der Waals surface area contributed by atoms with Gasteiger partial charge in [0, 0.05) is 44.0 Å². The first-order valence-corrected chi connectivity index (χ1v) is 10.1. The van der Waals surface area contributed by atoms with Crippen LogP contribution in [0.4, 0.5) is 5.69 Å². The number of benzene rings is 1. The Bertz CT molecular complexity index is 638. The molecule has 2 aliphatic heterocycles. The van der Waals surface area contributed by atoms with Crippen molar-refractivity contribution in [3.05, 3.63) is 29.8 Å². The van der Waals surface area contributed by atoms with Crippen molar-refractivity contribution in [2.75, 3.05) is 37.7 Å². The molecule has 2 atom stereocenters. The second kappa shape index (κ2) is 7.57. The Morgan fingerprint density at radius 1 is 1.19 bits per heavy atom. The van der Waals surface area contributed by atoms with E-state index in [1.165, 1.54) is 36.9 Å². The van der Waals surface area contributed by atoms with Crippen molar-refractivity contribution in [3.63, 3.8) is 0 Å². The maximum Gasteiger partial charge on any atom is 0.245 e. The number of anilines is 1. The van der Waals surface area contributed by atoms with Crippen LogP contribution >= 0.6 is 0 Å². The van der Waals surface area contributed by atoms with E-state index in [0.717, 1.165) is 32.1 Å². The van der Waals surface area contributed by atoms with Crippen LogP contribution in [0.15, 0.2) is 24.3 Å². The first-order valence-electron chi connectivity index (χ1n) is 10.1. The highest BCUT2D eigenvalue weighted by atomic mass is 16.3. The molecule has 2 heterocycles. The van der Waals surface area contributed by atoms with Crippen LogP contribution in [0.1, 0.15) is 31.2 Å². The molecule has 1 aliphatic carbocycles. The molecule has 0 aromatic heterocycles. The number of hydrogen-bond donors (Lipinski definition) is 2. The van der Waals surface area contributed by atoms with Gasteiger partial charge >= 0.3 is 0 Å². The molecule has 3 aliphatic rings. The fourth-order valence-electron chi connectivity index (χ4n) is 4.88. The minimum absolute atomic E-state index is 0.219. The lowest BCUT2D eigenvalue weighted by atomic mass is 9.98. The van der Waals surface area contributed by atoms with E-state index >= 15 is 0 Å². The Hall–Kier alpha value is -1.59. The van der Waals surface area contributed by atoms with Crippen LogP contribution in [0.3, 0.4) is 0 Å². The lowest BCUT2D eigenvalue weighted by Gasteiger charge is -2.38. The van der Waals surface area contributed by atoms with E-state index in [1.54, 1.807) is 0 Å². The number of likely N-dealkylation sites (tertiary alicyclic amines) is 1. The van der Waals surface area contributed by atoms with Crippen molar-refractivity contribution >= 4 is 11.6 Å². The lowest BCUT2D eigenvalue weighted by Crippen LogP contribution is -2.46. The third-order valence-electron chi connectivity index (χ3n) is 6.46. The number of carbonyl (C=O) groups is 1. The number of aryl methyl sites for hydroxylation is 1. The Kier molecular flexibility index (Phi) is 5.18. The van der Waals surface area contributed by atoms with E-state index < -0.39 is 6.61 Å². The molecule has 26 heavy (non-hydrogen) atoms. The van der Waals surface area contributed by atoms with E-state index in [0.29, 0.717) is 12.0 Å². The van der Waals surface area contributed by atoms with E-state index in [2.05, 4.69) is 46.3 Å². The SMILES string of the molecule is Cc1cccc(N2CCC(N3CC(NC(=O)CO)C(C4CC4)C3)CC2)c1. The van der Waals surface area contributed by atoms with Crippen LogP contribution in [0.2, 0.25) is 0 Å². The molecule has 3 fully saturated rings. The molecule has 0 radical (unpaired) electrons. The summed E-state index contributed by atoms with van der Waals surface area (Å²) in [6.07, 6.45) is 4.98. The zero-order chi connectivity index (χ0) is 18.1. The number of amides is 1. The molecule has 142 valence electrons. The molecule has 2 N–H and O–H groups in total. The molecule has 0 spiro atoms. The Morgan fingerprint density at radius 3 is 2.62 bits per heavy atom. The number of nitrogens with zero attached hydrogens (tertiary/aromatic N) is 2. The fraction of sp³-hybridized carbons (Fsp3) is 0.667. The number of hydrogen-bond acceptors (Lipinski definition) is 4. The van der Waals surface area contributed by atoms with Gasteiger partial charge in [0.25, 0.3) is 0 Å². The molecule has 5 nitrogen and oxygen atoms in total. The molecule has 1 saturated carbocycles. The van der Waals surface area contributed by atoms with Crippen LogP contribution in [-0.4, -0.2) is 60.8 Å². The van der Waals surface area contributed by atoms with Crippen LogP contribution in [0, 0.1) is 18.8 Å². The molecule has 2 saturated heterocycles. The first-order chi connectivity index (χ1) is 12.6. The zero-order valence-corrected chi connectivity index (χ0v) is 15.7. The highest BCUT2D eigenvalue weighted by Gasteiger charge is 2.44. The number of aliphatic hydroxyl groups is 1. The van der Waals surface area contributed by atoms with Gasteiger partial charge in [-0.05, 0) is 62.1 Å². The molecule has 0 bridgehead atoms. The Morgan fingerprint density at radius 2 is 1.96 bits per heavy atom. The standard InChI is InChI=1S/C21H31N3O2/c1-15-3-2-4-18(11-15)23-9-7-17(8-10-23)24-12-19(16-5-6-16)20(13-24)22-21(26)14-25/h2-4,11,16-17,19-20,25H,5-10,12-14H2,1H3,(H,22,26). The Balaban J connectivity index is 1.34. The van der Waals surface area contributed by atoms with Crippen molar-refractivity contribution in [2.45, 2.75) is 44.7 Å². The number of rotatable bonds is 5. The van der Waals surface area contributed by atoms with Gasteiger partial charge < -0.3 is 15.3 Å². The third-order valence-corrected chi connectivity index (χ3v) is 6.46. The number of piperidine rings is 1. The van der Waals surface area contributed by atoms with Gasteiger partial charge in [-0.15, -0.1) is 0 Å². The third kappa shape index (κ3) is 3.89. The van der Waals surface area contributed by atoms with E-state index in [-0.39, 0.29) is 11.9 Å². The van der Waals surface area contributed by atoms with Gasteiger partial charge in [-0.25, -0.2) is 0 Å². The average Bonchev–Trinajstić information content (AvgIpc) is 3.42. The molecule has 2 unspecified atom stereocenters. The van der Waals surface area contributed by atoms with Gasteiger partial charge in [-0.3, -0.25) is 9.69 Å². The van der Waals surface area contributed by atoms with Crippen molar-refractivity contribution in [3.8, 4) is 0 Å². The summed E-state index contributed by atoms with van der Waals surface area (Å²) in [6.45, 7) is 6.01. The van der Waals surface area contributed by atoms with Crippen molar-refractivity contribution in [2.24, 2.45) is 11.8 Å². The summed E-state index contributed by atoms with van der Waals surface area (Å²) in [5, 5.41) is 12.1. The summed E-state index contributed by atoms with van der Waals surface area (Å²) in [5.74, 6) is 1.12. The van der Waals surface area contributed by atoms with E-state index in [9.17, 15) is 4.79 Å².